The van der Waals surface area contributed by atoms with Crippen molar-refractivity contribution in [1.29, 1.82) is 0 Å². The van der Waals surface area contributed by atoms with Crippen LogP contribution in [0.15, 0.2) is 54.6 Å². The van der Waals surface area contributed by atoms with E-state index in [1.807, 2.05) is 0 Å². The van der Waals surface area contributed by atoms with Gasteiger partial charge in [0, 0.05) is 0 Å². The molecule has 122 valence electrons. The first kappa shape index (κ1) is 16.8. The summed E-state index contributed by atoms with van der Waals surface area (Å²) in [6.45, 7) is -0.319. The Balaban J connectivity index is 2.19. The number of hydrogen-bond acceptors (Lipinski definition) is 4. The first-order valence-electron chi connectivity index (χ1n) is 6.87. The van der Waals surface area contributed by atoms with Gasteiger partial charge in [-0.25, -0.2) is 8.42 Å². The molecule has 2 aromatic carbocycles. The lowest BCUT2D eigenvalue weighted by Gasteiger charge is -2.22. The largest absolute Gasteiger partial charge is 0.495 e. The van der Waals surface area contributed by atoms with Crippen molar-refractivity contribution in [2.75, 3.05) is 29.5 Å². The topological polar surface area (TPSA) is 75.7 Å². The Bertz CT molecular complexity index is 776. The van der Waals surface area contributed by atoms with E-state index in [1.54, 1.807) is 54.6 Å². The number of rotatable bonds is 6. The van der Waals surface area contributed by atoms with Crippen LogP contribution in [0.2, 0.25) is 0 Å². The van der Waals surface area contributed by atoms with Gasteiger partial charge in [0.15, 0.2) is 0 Å². The highest BCUT2D eigenvalue weighted by Gasteiger charge is 2.21. The zero-order valence-electron chi connectivity index (χ0n) is 12.9. The predicted octanol–water partition coefficient (Wildman–Crippen LogP) is 2.10. The summed E-state index contributed by atoms with van der Waals surface area (Å²) in [5.41, 5.74) is 0.923. The van der Waals surface area contributed by atoms with Gasteiger partial charge >= 0.3 is 0 Å². The molecule has 0 saturated heterocycles. The Morgan fingerprint density at radius 3 is 2.30 bits per heavy atom. The Labute approximate surface area is 135 Å². The van der Waals surface area contributed by atoms with Gasteiger partial charge in [0.2, 0.25) is 15.9 Å². The van der Waals surface area contributed by atoms with Crippen LogP contribution in [0.3, 0.4) is 0 Å². The number of methoxy groups -OCH3 is 1. The third-order valence-corrected chi connectivity index (χ3v) is 4.25. The van der Waals surface area contributed by atoms with Crippen molar-refractivity contribution in [2.45, 2.75) is 0 Å². The number of benzene rings is 2. The molecule has 2 aromatic rings. The smallest absolute Gasteiger partial charge is 0.245 e. The molecule has 0 saturated carbocycles. The van der Waals surface area contributed by atoms with E-state index >= 15 is 0 Å². The van der Waals surface area contributed by atoms with E-state index in [0.29, 0.717) is 17.1 Å². The number of para-hydroxylation sites is 3. The molecular formula is C16H18N2O4S. The van der Waals surface area contributed by atoms with Crippen LogP contribution < -0.4 is 14.4 Å². The van der Waals surface area contributed by atoms with Crippen molar-refractivity contribution in [3.8, 4) is 5.75 Å². The second kappa shape index (κ2) is 7.15. The lowest BCUT2D eigenvalue weighted by atomic mass is 10.3. The number of amides is 1. The molecule has 0 heterocycles. The van der Waals surface area contributed by atoms with Crippen LogP contribution in [0, 0.1) is 0 Å². The number of anilines is 2. The van der Waals surface area contributed by atoms with E-state index in [4.69, 9.17) is 4.74 Å². The number of carbonyl (C=O) groups excluding carboxylic acids is 1. The fourth-order valence-corrected chi connectivity index (χ4v) is 2.92. The zero-order valence-corrected chi connectivity index (χ0v) is 13.7. The fourth-order valence-electron chi connectivity index (χ4n) is 2.06. The molecule has 23 heavy (non-hydrogen) atoms. The first-order chi connectivity index (χ1) is 10.9. The third kappa shape index (κ3) is 4.46. The van der Waals surface area contributed by atoms with Crippen molar-refractivity contribution in [2.24, 2.45) is 0 Å². The van der Waals surface area contributed by atoms with Gasteiger partial charge in [0.25, 0.3) is 0 Å². The van der Waals surface area contributed by atoms with Gasteiger partial charge in [0.05, 0.1) is 24.7 Å². The molecule has 0 aliphatic rings. The Morgan fingerprint density at radius 1 is 1.09 bits per heavy atom. The number of ether oxygens (including phenoxy) is 1. The van der Waals surface area contributed by atoms with Crippen LogP contribution in [0.25, 0.3) is 0 Å². The summed E-state index contributed by atoms with van der Waals surface area (Å²) in [6.07, 6.45) is 1.07. The molecule has 0 fully saturated rings. The maximum atomic E-state index is 12.2. The van der Waals surface area contributed by atoms with Gasteiger partial charge in [0.1, 0.15) is 12.3 Å². The quantitative estimate of drug-likeness (QED) is 0.878. The number of nitrogens with one attached hydrogen (secondary N) is 1. The fraction of sp³-hybridized carbons (Fsp3) is 0.188. The van der Waals surface area contributed by atoms with Gasteiger partial charge in [-0.05, 0) is 24.3 Å². The predicted molar refractivity (Wildman–Crippen MR) is 90.3 cm³/mol. The third-order valence-electron chi connectivity index (χ3n) is 3.11. The van der Waals surface area contributed by atoms with E-state index in [2.05, 4.69) is 5.32 Å². The van der Waals surface area contributed by atoms with E-state index in [-0.39, 0.29) is 6.54 Å². The molecule has 0 radical (unpaired) electrons. The lowest BCUT2D eigenvalue weighted by Crippen LogP contribution is -2.37. The average molecular weight is 334 g/mol. The maximum absolute atomic E-state index is 12.2. The van der Waals surface area contributed by atoms with Gasteiger partial charge < -0.3 is 10.1 Å². The highest BCUT2D eigenvalue weighted by molar-refractivity contribution is 7.92. The molecule has 7 heteroatoms. The number of hydrogen-bond donors (Lipinski definition) is 1. The molecule has 0 atom stereocenters. The van der Waals surface area contributed by atoms with Gasteiger partial charge in [-0.1, -0.05) is 30.3 Å². The van der Waals surface area contributed by atoms with Crippen LogP contribution in [-0.2, 0) is 14.8 Å². The summed E-state index contributed by atoms with van der Waals surface area (Å²) in [6, 6.07) is 15.4. The number of carbonyl (C=O) groups is 1. The minimum Gasteiger partial charge on any atom is -0.495 e. The first-order valence-corrected chi connectivity index (χ1v) is 8.72. The van der Waals surface area contributed by atoms with Crippen molar-refractivity contribution < 1.29 is 17.9 Å². The summed E-state index contributed by atoms with van der Waals surface area (Å²) in [5.74, 6) is 0.0512. The second-order valence-electron chi connectivity index (χ2n) is 4.85. The van der Waals surface area contributed by atoms with Crippen LogP contribution >= 0.6 is 0 Å². The minimum absolute atomic E-state index is 0.319. The molecule has 0 bridgehead atoms. The van der Waals surface area contributed by atoms with Crippen molar-refractivity contribution in [3.05, 3.63) is 54.6 Å². The highest BCUT2D eigenvalue weighted by atomic mass is 32.2. The molecule has 0 aliphatic carbocycles. The monoisotopic (exact) mass is 334 g/mol. The standard InChI is InChI=1S/C16H18N2O4S/c1-22-15-11-7-6-10-14(15)17-16(19)12-18(23(2,20)21)13-8-4-3-5-9-13/h3-11H,12H2,1-2H3,(H,17,19). The van der Waals surface area contributed by atoms with E-state index in [0.717, 1.165) is 10.6 Å². The summed E-state index contributed by atoms with van der Waals surface area (Å²) in [7, 11) is -2.08. The molecule has 6 nitrogen and oxygen atoms in total. The van der Waals surface area contributed by atoms with Crippen LogP contribution in [0.1, 0.15) is 0 Å². The SMILES string of the molecule is COc1ccccc1NC(=O)CN(c1ccccc1)S(C)(=O)=O. The lowest BCUT2D eigenvalue weighted by molar-refractivity contribution is -0.114. The van der Waals surface area contributed by atoms with Gasteiger partial charge in [-0.15, -0.1) is 0 Å². The molecule has 0 spiro atoms. The maximum Gasteiger partial charge on any atom is 0.245 e. The number of sulfonamides is 1. The van der Waals surface area contributed by atoms with Crippen molar-refractivity contribution >= 4 is 27.3 Å². The number of nitrogens with zero attached hydrogens (tertiary/aromatic N) is 1. The van der Waals surface area contributed by atoms with E-state index in [1.165, 1.54) is 7.11 Å². The van der Waals surface area contributed by atoms with Gasteiger partial charge in [-0.3, -0.25) is 9.10 Å². The van der Waals surface area contributed by atoms with Crippen LogP contribution in [0.5, 0.6) is 5.75 Å². The Morgan fingerprint density at radius 2 is 1.70 bits per heavy atom. The van der Waals surface area contributed by atoms with Gasteiger partial charge in [-0.2, -0.15) is 0 Å². The van der Waals surface area contributed by atoms with E-state index in [9.17, 15) is 13.2 Å². The molecule has 0 aliphatic heterocycles. The molecule has 1 amide bonds. The van der Waals surface area contributed by atoms with Crippen molar-refractivity contribution in [3.63, 3.8) is 0 Å². The van der Waals surface area contributed by atoms with Crippen LogP contribution in [-0.4, -0.2) is 34.2 Å². The zero-order chi connectivity index (χ0) is 16.9. The normalized spacial score (nSPS) is 10.9. The molecular weight excluding hydrogens is 316 g/mol. The summed E-state index contributed by atoms with van der Waals surface area (Å²) in [4.78, 5) is 12.2. The van der Waals surface area contributed by atoms with Crippen molar-refractivity contribution in [1.82, 2.24) is 0 Å². The molecule has 2 rings (SSSR count). The Kier molecular flexibility index (Phi) is 5.23. The molecule has 0 unspecified atom stereocenters. The molecule has 0 aromatic heterocycles. The average Bonchev–Trinajstić information content (AvgIpc) is 2.53. The van der Waals surface area contributed by atoms with Crippen LogP contribution in [0.4, 0.5) is 11.4 Å². The highest BCUT2D eigenvalue weighted by Crippen LogP contribution is 2.23. The summed E-state index contributed by atoms with van der Waals surface area (Å²) >= 11 is 0. The Hall–Kier alpha value is -2.54. The van der Waals surface area contributed by atoms with E-state index < -0.39 is 15.9 Å². The minimum atomic E-state index is -3.58. The summed E-state index contributed by atoms with van der Waals surface area (Å²) in [5, 5.41) is 2.66. The summed E-state index contributed by atoms with van der Waals surface area (Å²) < 4.78 is 30.1. The second-order valence-corrected chi connectivity index (χ2v) is 6.76. The molecule has 1 N–H and O–H groups in total.